The smallest absolute Gasteiger partial charge is 0.106 e. The van der Waals surface area contributed by atoms with Gasteiger partial charge in [0.15, 0.2) is 0 Å². The standard InChI is InChI=1S/C15H26N4/c1-12-17-13-10-16-9-6-14(13)19(12)11-15(18(2)3)7-4-5-8-15/h16H,4-11H2,1-3H3. The van der Waals surface area contributed by atoms with E-state index in [9.17, 15) is 0 Å². The Morgan fingerprint density at radius 1 is 1.32 bits per heavy atom. The molecule has 0 amide bonds. The van der Waals surface area contributed by atoms with Crippen molar-refractivity contribution in [3.05, 3.63) is 17.2 Å². The number of aromatic nitrogens is 2. The Morgan fingerprint density at radius 3 is 2.74 bits per heavy atom. The molecular formula is C15H26N4. The van der Waals surface area contributed by atoms with Gasteiger partial charge in [-0.2, -0.15) is 0 Å². The summed E-state index contributed by atoms with van der Waals surface area (Å²) in [4.78, 5) is 7.22. The van der Waals surface area contributed by atoms with Crippen LogP contribution in [0.1, 0.15) is 42.9 Å². The quantitative estimate of drug-likeness (QED) is 0.900. The van der Waals surface area contributed by atoms with E-state index in [0.29, 0.717) is 5.54 Å². The Kier molecular flexibility index (Phi) is 3.39. The highest BCUT2D eigenvalue weighted by Crippen LogP contribution is 2.36. The van der Waals surface area contributed by atoms with Crippen LogP contribution in [0.4, 0.5) is 0 Å². The van der Waals surface area contributed by atoms with Crippen LogP contribution in [-0.4, -0.2) is 40.6 Å². The average Bonchev–Trinajstić information content (AvgIpc) is 2.97. The largest absolute Gasteiger partial charge is 0.330 e. The van der Waals surface area contributed by atoms with Gasteiger partial charge in [-0.3, -0.25) is 0 Å². The van der Waals surface area contributed by atoms with Crippen LogP contribution in [0.3, 0.4) is 0 Å². The first-order valence-corrected chi connectivity index (χ1v) is 7.55. The van der Waals surface area contributed by atoms with Crippen LogP contribution in [0.25, 0.3) is 0 Å². The van der Waals surface area contributed by atoms with Crippen LogP contribution in [0, 0.1) is 6.92 Å². The lowest BCUT2D eigenvalue weighted by Gasteiger charge is -2.37. The molecule has 0 saturated heterocycles. The third-order valence-corrected chi connectivity index (χ3v) is 5.11. The first-order valence-electron chi connectivity index (χ1n) is 7.55. The molecule has 0 atom stereocenters. The number of likely N-dealkylation sites (N-methyl/N-ethyl adjacent to an activating group) is 1. The molecule has 0 spiro atoms. The molecule has 0 aromatic carbocycles. The van der Waals surface area contributed by atoms with Crippen LogP contribution in [0.5, 0.6) is 0 Å². The lowest BCUT2D eigenvalue weighted by molar-refractivity contribution is 0.131. The van der Waals surface area contributed by atoms with Crippen LogP contribution in [-0.2, 0) is 19.5 Å². The monoisotopic (exact) mass is 262 g/mol. The third-order valence-electron chi connectivity index (χ3n) is 5.11. The molecular weight excluding hydrogens is 236 g/mol. The number of nitrogens with zero attached hydrogens (tertiary/aromatic N) is 3. The predicted molar refractivity (Wildman–Crippen MR) is 77.3 cm³/mol. The summed E-state index contributed by atoms with van der Waals surface area (Å²) >= 11 is 0. The molecule has 4 nitrogen and oxygen atoms in total. The van der Waals surface area contributed by atoms with Gasteiger partial charge >= 0.3 is 0 Å². The highest BCUT2D eigenvalue weighted by atomic mass is 15.2. The maximum atomic E-state index is 4.77. The number of rotatable bonds is 3. The molecule has 1 N–H and O–H groups in total. The molecule has 1 aliphatic heterocycles. The van der Waals surface area contributed by atoms with E-state index in [1.807, 2.05) is 0 Å². The fourth-order valence-electron chi connectivity index (χ4n) is 3.79. The molecule has 1 fully saturated rings. The summed E-state index contributed by atoms with van der Waals surface area (Å²) in [6, 6.07) is 0. The molecule has 2 aliphatic rings. The fourth-order valence-corrected chi connectivity index (χ4v) is 3.79. The van der Waals surface area contributed by atoms with E-state index in [4.69, 9.17) is 4.98 Å². The number of nitrogens with one attached hydrogen (secondary N) is 1. The summed E-state index contributed by atoms with van der Waals surface area (Å²) in [5.74, 6) is 1.20. The van der Waals surface area contributed by atoms with E-state index in [1.165, 1.54) is 42.9 Å². The summed E-state index contributed by atoms with van der Waals surface area (Å²) in [5.41, 5.74) is 3.10. The zero-order chi connectivity index (χ0) is 13.5. The van der Waals surface area contributed by atoms with Gasteiger partial charge < -0.3 is 14.8 Å². The van der Waals surface area contributed by atoms with Crippen molar-refractivity contribution < 1.29 is 0 Å². The molecule has 106 valence electrons. The van der Waals surface area contributed by atoms with Gasteiger partial charge in [0, 0.05) is 37.3 Å². The SMILES string of the molecule is Cc1nc2c(n1CC1(N(C)C)CCCC1)CCNC2. The molecule has 4 heteroatoms. The maximum absolute atomic E-state index is 4.77. The minimum Gasteiger partial charge on any atom is -0.330 e. The van der Waals surface area contributed by atoms with E-state index < -0.39 is 0 Å². The van der Waals surface area contributed by atoms with Crippen molar-refractivity contribution in [2.24, 2.45) is 0 Å². The first kappa shape index (κ1) is 13.1. The van der Waals surface area contributed by atoms with E-state index in [2.05, 4.69) is 35.8 Å². The number of hydrogen-bond acceptors (Lipinski definition) is 3. The molecule has 0 bridgehead atoms. The average molecular weight is 262 g/mol. The Balaban J connectivity index is 1.92. The van der Waals surface area contributed by atoms with Gasteiger partial charge in [-0.25, -0.2) is 4.98 Å². The van der Waals surface area contributed by atoms with E-state index in [-0.39, 0.29) is 0 Å². The maximum Gasteiger partial charge on any atom is 0.106 e. The Bertz CT molecular complexity index is 455. The normalized spacial score (nSPS) is 21.9. The minimum atomic E-state index is 0.351. The zero-order valence-corrected chi connectivity index (χ0v) is 12.5. The van der Waals surface area contributed by atoms with Crippen LogP contribution in [0.15, 0.2) is 0 Å². The molecule has 1 aliphatic carbocycles. The van der Waals surface area contributed by atoms with Crippen molar-refractivity contribution >= 4 is 0 Å². The van der Waals surface area contributed by atoms with Crippen molar-refractivity contribution in [2.75, 3.05) is 20.6 Å². The van der Waals surface area contributed by atoms with Crippen molar-refractivity contribution in [3.63, 3.8) is 0 Å². The summed E-state index contributed by atoms with van der Waals surface area (Å²) in [6.45, 7) is 5.32. The number of aryl methyl sites for hydroxylation is 1. The molecule has 3 rings (SSSR count). The number of fused-ring (bicyclic) bond motifs is 1. The van der Waals surface area contributed by atoms with E-state index >= 15 is 0 Å². The molecule has 1 aromatic rings. The summed E-state index contributed by atoms with van der Waals surface area (Å²) in [5, 5.41) is 3.42. The highest BCUT2D eigenvalue weighted by molar-refractivity contribution is 5.20. The lowest BCUT2D eigenvalue weighted by Crippen LogP contribution is -2.46. The summed E-state index contributed by atoms with van der Waals surface area (Å²) in [6.07, 6.45) is 6.51. The Morgan fingerprint density at radius 2 is 2.05 bits per heavy atom. The molecule has 2 heterocycles. The van der Waals surface area contributed by atoms with Gasteiger partial charge in [-0.15, -0.1) is 0 Å². The van der Waals surface area contributed by atoms with Crippen molar-refractivity contribution in [2.45, 2.75) is 57.7 Å². The molecule has 1 saturated carbocycles. The third kappa shape index (κ3) is 2.21. The molecule has 1 aromatic heterocycles. The second-order valence-corrected chi connectivity index (χ2v) is 6.39. The molecule has 0 radical (unpaired) electrons. The van der Waals surface area contributed by atoms with Crippen LogP contribution in [0.2, 0.25) is 0 Å². The minimum absolute atomic E-state index is 0.351. The van der Waals surface area contributed by atoms with Gasteiger partial charge in [-0.1, -0.05) is 12.8 Å². The lowest BCUT2D eigenvalue weighted by atomic mass is 9.95. The van der Waals surface area contributed by atoms with Gasteiger partial charge in [0.1, 0.15) is 5.82 Å². The Hall–Kier alpha value is -0.870. The number of imidazole rings is 1. The van der Waals surface area contributed by atoms with Gasteiger partial charge in [0.2, 0.25) is 0 Å². The topological polar surface area (TPSA) is 33.1 Å². The fraction of sp³-hybridized carbons (Fsp3) is 0.800. The predicted octanol–water partition coefficient (Wildman–Crippen LogP) is 1.71. The van der Waals surface area contributed by atoms with Crippen molar-refractivity contribution in [1.82, 2.24) is 19.8 Å². The van der Waals surface area contributed by atoms with Crippen LogP contribution < -0.4 is 5.32 Å². The van der Waals surface area contributed by atoms with Crippen molar-refractivity contribution in [1.29, 1.82) is 0 Å². The first-order chi connectivity index (χ1) is 9.12. The molecule has 0 unspecified atom stereocenters. The Labute approximate surface area is 116 Å². The van der Waals surface area contributed by atoms with Crippen LogP contribution >= 0.6 is 0 Å². The summed E-state index contributed by atoms with van der Waals surface area (Å²) in [7, 11) is 4.48. The van der Waals surface area contributed by atoms with E-state index in [1.54, 1.807) is 0 Å². The number of hydrogen-bond donors (Lipinski definition) is 1. The zero-order valence-electron chi connectivity index (χ0n) is 12.5. The van der Waals surface area contributed by atoms with Gasteiger partial charge in [0.05, 0.1) is 5.69 Å². The molecule has 19 heavy (non-hydrogen) atoms. The van der Waals surface area contributed by atoms with E-state index in [0.717, 1.165) is 26.1 Å². The second kappa shape index (κ2) is 4.91. The second-order valence-electron chi connectivity index (χ2n) is 6.39. The van der Waals surface area contributed by atoms with Gasteiger partial charge in [0.25, 0.3) is 0 Å². The van der Waals surface area contributed by atoms with Gasteiger partial charge in [-0.05, 0) is 33.9 Å². The highest BCUT2D eigenvalue weighted by Gasteiger charge is 2.37. The summed E-state index contributed by atoms with van der Waals surface area (Å²) < 4.78 is 2.50. The van der Waals surface area contributed by atoms with Crippen molar-refractivity contribution in [3.8, 4) is 0 Å².